The molecule has 0 spiro atoms. The van der Waals surface area contributed by atoms with E-state index in [1.807, 2.05) is 30.3 Å². The lowest BCUT2D eigenvalue weighted by Gasteiger charge is -2.22. The second kappa shape index (κ2) is 10.4. The summed E-state index contributed by atoms with van der Waals surface area (Å²) in [4.78, 5) is 14.0. The van der Waals surface area contributed by atoms with Gasteiger partial charge in [0.1, 0.15) is 0 Å². The summed E-state index contributed by atoms with van der Waals surface area (Å²) in [5.41, 5.74) is 12.3. The van der Waals surface area contributed by atoms with E-state index in [0.29, 0.717) is 11.5 Å². The molecule has 7 aromatic rings. The van der Waals surface area contributed by atoms with Gasteiger partial charge >= 0.3 is 0 Å². The van der Waals surface area contributed by atoms with E-state index in [2.05, 4.69) is 128 Å². The van der Waals surface area contributed by atoms with Crippen LogP contribution in [-0.4, -0.2) is 9.97 Å². The molecule has 0 aliphatic heterocycles. The van der Waals surface area contributed by atoms with Crippen molar-refractivity contribution in [1.82, 2.24) is 9.97 Å². The second-order valence-corrected chi connectivity index (χ2v) is 12.2. The molecule has 8 rings (SSSR count). The van der Waals surface area contributed by atoms with Gasteiger partial charge in [-0.05, 0) is 68.4 Å². The number of aromatic nitrogens is 2. The van der Waals surface area contributed by atoms with Crippen molar-refractivity contribution < 1.29 is 0 Å². The third-order valence-electron chi connectivity index (χ3n) is 9.09. The molecule has 3 nitrogen and oxygen atoms in total. The Labute approximate surface area is 263 Å². The molecule has 3 heteroatoms. The largest absolute Gasteiger partial charge is 0.238 e. The maximum atomic E-state index is 7.76. The van der Waals surface area contributed by atoms with Crippen molar-refractivity contribution in [2.24, 2.45) is 0 Å². The second-order valence-electron chi connectivity index (χ2n) is 12.2. The SMILES string of the molecule is [C-]#[N+]c1cccc2c1-c1ccc(-c3cccc(-c4cc(-c5ccccc5)nc(-c5ccc6ccccc6c5)n4)c3)cc1C2(C)C. The molecule has 1 aliphatic carbocycles. The highest BCUT2D eigenvalue weighted by Crippen LogP contribution is 2.53. The Hall–Kier alpha value is -5.85. The average Bonchev–Trinajstić information content (AvgIpc) is 3.34. The molecule has 1 aliphatic rings. The van der Waals surface area contributed by atoms with Gasteiger partial charge in [0.25, 0.3) is 0 Å². The van der Waals surface area contributed by atoms with Gasteiger partial charge in [0.15, 0.2) is 11.5 Å². The zero-order chi connectivity index (χ0) is 30.5. The van der Waals surface area contributed by atoms with Crippen LogP contribution in [0.2, 0.25) is 0 Å². The molecule has 45 heavy (non-hydrogen) atoms. The van der Waals surface area contributed by atoms with Crippen LogP contribution in [-0.2, 0) is 5.41 Å². The Bertz CT molecular complexity index is 2310. The highest BCUT2D eigenvalue weighted by molar-refractivity contribution is 5.92. The summed E-state index contributed by atoms with van der Waals surface area (Å²) in [5, 5.41) is 2.36. The molecule has 0 atom stereocenters. The molecule has 0 N–H and O–H groups in total. The molecule has 212 valence electrons. The van der Waals surface area contributed by atoms with Gasteiger partial charge in [-0.2, -0.15) is 0 Å². The summed E-state index contributed by atoms with van der Waals surface area (Å²) >= 11 is 0. The fourth-order valence-electron chi connectivity index (χ4n) is 6.71. The van der Waals surface area contributed by atoms with E-state index in [0.717, 1.165) is 55.7 Å². The quantitative estimate of drug-likeness (QED) is 0.195. The van der Waals surface area contributed by atoms with Crippen molar-refractivity contribution in [2.45, 2.75) is 19.3 Å². The average molecular weight is 576 g/mol. The minimum atomic E-state index is -0.189. The number of nitrogens with zero attached hydrogens (tertiary/aromatic N) is 3. The summed E-state index contributed by atoms with van der Waals surface area (Å²) in [6.45, 7) is 12.3. The lowest BCUT2D eigenvalue weighted by molar-refractivity contribution is 0.661. The van der Waals surface area contributed by atoms with Gasteiger partial charge in [-0.15, -0.1) is 0 Å². The summed E-state index contributed by atoms with van der Waals surface area (Å²) in [5.74, 6) is 0.704. The molecule has 1 aromatic heterocycles. The van der Waals surface area contributed by atoms with Crippen LogP contribution < -0.4 is 0 Å². The Morgan fingerprint density at radius 3 is 2.00 bits per heavy atom. The zero-order valence-electron chi connectivity index (χ0n) is 25.1. The summed E-state index contributed by atoms with van der Waals surface area (Å²) in [7, 11) is 0. The number of fused-ring (bicyclic) bond motifs is 4. The molecule has 0 bridgehead atoms. The van der Waals surface area contributed by atoms with Crippen LogP contribution in [0.5, 0.6) is 0 Å². The number of hydrogen-bond donors (Lipinski definition) is 0. The van der Waals surface area contributed by atoms with Gasteiger partial charge in [0.2, 0.25) is 0 Å². The van der Waals surface area contributed by atoms with Crippen molar-refractivity contribution in [3.8, 4) is 56.2 Å². The zero-order valence-corrected chi connectivity index (χ0v) is 25.1. The lowest BCUT2D eigenvalue weighted by atomic mass is 9.81. The van der Waals surface area contributed by atoms with Crippen LogP contribution >= 0.6 is 0 Å². The van der Waals surface area contributed by atoms with Gasteiger partial charge in [-0.3, -0.25) is 0 Å². The van der Waals surface area contributed by atoms with Crippen LogP contribution in [0.25, 0.3) is 71.8 Å². The Morgan fingerprint density at radius 1 is 0.511 bits per heavy atom. The number of benzene rings is 6. The molecule has 0 radical (unpaired) electrons. The van der Waals surface area contributed by atoms with Gasteiger partial charge in [0, 0.05) is 22.1 Å². The number of hydrogen-bond acceptors (Lipinski definition) is 2. The van der Waals surface area contributed by atoms with E-state index >= 15 is 0 Å². The van der Waals surface area contributed by atoms with E-state index in [1.165, 1.54) is 16.5 Å². The van der Waals surface area contributed by atoms with Crippen LogP contribution in [0.1, 0.15) is 25.0 Å². The maximum Gasteiger partial charge on any atom is 0.195 e. The van der Waals surface area contributed by atoms with Crippen molar-refractivity contribution in [3.63, 3.8) is 0 Å². The highest BCUT2D eigenvalue weighted by Gasteiger charge is 2.36. The first-order valence-electron chi connectivity index (χ1n) is 15.2. The third-order valence-corrected chi connectivity index (χ3v) is 9.09. The van der Waals surface area contributed by atoms with Crippen LogP contribution in [0.15, 0.2) is 140 Å². The molecule has 0 amide bonds. The Balaban J connectivity index is 1.25. The molecular weight excluding hydrogens is 546 g/mol. The van der Waals surface area contributed by atoms with E-state index in [9.17, 15) is 0 Å². The van der Waals surface area contributed by atoms with Gasteiger partial charge < -0.3 is 0 Å². The monoisotopic (exact) mass is 575 g/mol. The van der Waals surface area contributed by atoms with Crippen molar-refractivity contribution >= 4 is 16.5 Å². The summed E-state index contributed by atoms with van der Waals surface area (Å²) in [6, 6.07) is 48.6. The third kappa shape index (κ3) is 4.51. The van der Waals surface area contributed by atoms with Crippen molar-refractivity contribution in [3.05, 3.63) is 162 Å². The normalized spacial score (nSPS) is 12.8. The Kier molecular flexibility index (Phi) is 6.18. The van der Waals surface area contributed by atoms with E-state index in [1.54, 1.807) is 0 Å². The van der Waals surface area contributed by atoms with Gasteiger partial charge in [-0.25, -0.2) is 14.8 Å². The predicted molar refractivity (Wildman–Crippen MR) is 185 cm³/mol. The van der Waals surface area contributed by atoms with E-state index < -0.39 is 0 Å². The minimum Gasteiger partial charge on any atom is -0.238 e. The molecule has 0 saturated carbocycles. The number of rotatable bonds is 4. The molecule has 1 heterocycles. The molecule has 0 fully saturated rings. The standard InChI is InChI=1S/C42H29N3/c1-42(2)35-17-10-18-37(43-3)40(35)34-22-21-31(25-36(34)42)30-15-9-16-32(23-30)39-26-38(28-12-5-4-6-13-28)44-41(45-39)33-20-19-27-11-7-8-14-29(27)24-33/h4-26H,1-2H3. The van der Waals surface area contributed by atoms with Crippen LogP contribution in [0, 0.1) is 6.57 Å². The van der Waals surface area contributed by atoms with E-state index in [-0.39, 0.29) is 5.41 Å². The summed E-state index contributed by atoms with van der Waals surface area (Å²) in [6.07, 6.45) is 0. The smallest absolute Gasteiger partial charge is 0.195 e. The summed E-state index contributed by atoms with van der Waals surface area (Å²) < 4.78 is 0. The van der Waals surface area contributed by atoms with Gasteiger partial charge in [-0.1, -0.05) is 129 Å². The maximum absolute atomic E-state index is 7.76. The first-order chi connectivity index (χ1) is 22.0. The van der Waals surface area contributed by atoms with Crippen molar-refractivity contribution in [2.75, 3.05) is 0 Å². The van der Waals surface area contributed by atoms with Crippen LogP contribution in [0.3, 0.4) is 0 Å². The highest BCUT2D eigenvalue weighted by atomic mass is 14.9. The Morgan fingerprint density at radius 2 is 1.18 bits per heavy atom. The molecule has 6 aromatic carbocycles. The first-order valence-corrected chi connectivity index (χ1v) is 15.2. The predicted octanol–water partition coefficient (Wildman–Crippen LogP) is 11.2. The van der Waals surface area contributed by atoms with E-state index in [4.69, 9.17) is 16.5 Å². The molecule has 0 unspecified atom stereocenters. The fourth-order valence-corrected chi connectivity index (χ4v) is 6.71. The molecular formula is C42H29N3. The fraction of sp³-hybridized carbons (Fsp3) is 0.0714. The van der Waals surface area contributed by atoms with Gasteiger partial charge in [0.05, 0.1) is 18.0 Å². The van der Waals surface area contributed by atoms with Crippen LogP contribution in [0.4, 0.5) is 5.69 Å². The topological polar surface area (TPSA) is 30.1 Å². The van der Waals surface area contributed by atoms with Crippen molar-refractivity contribution in [1.29, 1.82) is 0 Å². The first kappa shape index (κ1) is 26.8. The minimum absolute atomic E-state index is 0.189. The molecule has 0 saturated heterocycles. The lowest BCUT2D eigenvalue weighted by Crippen LogP contribution is -2.14.